The van der Waals surface area contributed by atoms with Gasteiger partial charge in [-0.05, 0) is 23.8 Å². The number of hydrogen-bond acceptors (Lipinski definition) is 2. The van der Waals surface area contributed by atoms with Crippen molar-refractivity contribution in [1.29, 1.82) is 0 Å². The van der Waals surface area contributed by atoms with Crippen LogP contribution in [-0.4, -0.2) is 10.9 Å². The second-order valence-electron chi connectivity index (χ2n) is 2.33. The molecule has 0 heterocycles. The van der Waals surface area contributed by atoms with E-state index in [1.807, 2.05) is 0 Å². The minimum Gasteiger partial charge on any atom is -0.508 e. The normalized spacial score (nSPS) is 10.4. The summed E-state index contributed by atoms with van der Waals surface area (Å²) in [7, 11) is 0. The Morgan fingerprint density at radius 1 is 1.33 bits per heavy atom. The van der Waals surface area contributed by atoms with Crippen molar-refractivity contribution in [3.05, 3.63) is 42.8 Å². The molecule has 0 saturated heterocycles. The number of hydrogen-bond donors (Lipinski definition) is 1. The fourth-order valence-corrected chi connectivity index (χ4v) is 0.764. The molecule has 12 heavy (non-hydrogen) atoms. The van der Waals surface area contributed by atoms with Gasteiger partial charge in [0.15, 0.2) is 5.78 Å². The topological polar surface area (TPSA) is 37.3 Å². The molecule has 1 aromatic rings. The summed E-state index contributed by atoms with van der Waals surface area (Å²) in [5.41, 5.74) is 0.826. The summed E-state index contributed by atoms with van der Waals surface area (Å²) in [6.07, 6.45) is 2.86. The summed E-state index contributed by atoms with van der Waals surface area (Å²) in [5, 5.41) is 8.92. The highest BCUT2D eigenvalue weighted by Gasteiger charge is 1.88. The Morgan fingerprint density at radius 2 is 1.92 bits per heavy atom. The standard InChI is InChI=1S/C10H8O2/c1-8(11)2-3-9-4-6-10(12)7-5-9/h1-7,12H/b3-2+. The Kier molecular flexibility index (Phi) is 2.64. The molecular formula is C10H8O2. The predicted octanol–water partition coefficient (Wildman–Crippen LogP) is 1.69. The number of aromatic hydroxyl groups is 1. The number of ketones is 1. The minimum absolute atomic E-state index is 0.200. The third-order valence-electron chi connectivity index (χ3n) is 1.33. The number of rotatable bonds is 2. The van der Waals surface area contributed by atoms with E-state index >= 15 is 0 Å². The van der Waals surface area contributed by atoms with E-state index in [-0.39, 0.29) is 5.75 Å². The molecule has 0 saturated carbocycles. The van der Waals surface area contributed by atoms with Gasteiger partial charge in [-0.25, -0.2) is 0 Å². The Labute approximate surface area is 71.2 Å². The monoisotopic (exact) mass is 160 g/mol. The smallest absolute Gasteiger partial charge is 0.160 e. The fourth-order valence-electron chi connectivity index (χ4n) is 0.764. The van der Waals surface area contributed by atoms with Gasteiger partial charge in [-0.15, -0.1) is 0 Å². The lowest BCUT2D eigenvalue weighted by Gasteiger charge is -1.92. The van der Waals surface area contributed by atoms with Crippen LogP contribution in [0.3, 0.4) is 0 Å². The Hall–Kier alpha value is -1.57. The summed E-state index contributed by atoms with van der Waals surface area (Å²) in [5.74, 6) is -0.283. The zero-order chi connectivity index (χ0) is 8.97. The van der Waals surface area contributed by atoms with Crippen LogP contribution >= 0.6 is 0 Å². The number of allylic oxidation sites excluding steroid dienone is 1. The molecule has 0 atom stereocenters. The average Bonchev–Trinajstić information content (AvgIpc) is 2.03. The van der Waals surface area contributed by atoms with Gasteiger partial charge in [0.1, 0.15) is 5.75 Å². The van der Waals surface area contributed by atoms with Crippen molar-refractivity contribution in [2.75, 3.05) is 0 Å². The van der Waals surface area contributed by atoms with Gasteiger partial charge < -0.3 is 5.11 Å². The quantitative estimate of drug-likeness (QED) is 0.668. The van der Waals surface area contributed by atoms with Crippen LogP contribution in [0, 0.1) is 6.92 Å². The SMILES string of the molecule is [CH]C(=O)/C=C/c1ccc(O)cc1. The molecule has 1 N–H and O–H groups in total. The lowest BCUT2D eigenvalue weighted by Crippen LogP contribution is -1.80. The molecule has 0 aliphatic carbocycles. The molecule has 0 aliphatic heterocycles. The van der Waals surface area contributed by atoms with Crippen molar-refractivity contribution in [1.82, 2.24) is 0 Å². The lowest BCUT2D eigenvalue weighted by atomic mass is 10.2. The molecule has 0 unspecified atom stereocenters. The third-order valence-corrected chi connectivity index (χ3v) is 1.33. The van der Waals surface area contributed by atoms with E-state index in [2.05, 4.69) is 0 Å². The Bertz CT molecular complexity index is 296. The van der Waals surface area contributed by atoms with E-state index in [0.29, 0.717) is 0 Å². The summed E-state index contributed by atoms with van der Waals surface area (Å²) < 4.78 is 0. The maximum Gasteiger partial charge on any atom is 0.160 e. The molecule has 2 radical (unpaired) electrons. The zero-order valence-corrected chi connectivity index (χ0v) is 6.40. The number of carbonyl (C=O) groups excluding carboxylic acids is 1. The highest BCUT2D eigenvalue weighted by Crippen LogP contribution is 2.10. The van der Waals surface area contributed by atoms with Crippen molar-refractivity contribution in [3.63, 3.8) is 0 Å². The van der Waals surface area contributed by atoms with E-state index in [0.717, 1.165) is 5.56 Å². The number of phenols is 1. The highest BCUT2D eigenvalue weighted by molar-refractivity contribution is 5.96. The van der Waals surface area contributed by atoms with Gasteiger partial charge in [0.2, 0.25) is 0 Å². The van der Waals surface area contributed by atoms with Crippen LogP contribution in [0.4, 0.5) is 0 Å². The fraction of sp³-hybridized carbons (Fsp3) is 0. The zero-order valence-electron chi connectivity index (χ0n) is 6.40. The second kappa shape index (κ2) is 3.72. The minimum atomic E-state index is -0.483. The molecule has 0 spiro atoms. The van der Waals surface area contributed by atoms with Gasteiger partial charge in [0.05, 0.1) is 0 Å². The van der Waals surface area contributed by atoms with E-state index in [9.17, 15) is 4.79 Å². The van der Waals surface area contributed by atoms with Crippen molar-refractivity contribution < 1.29 is 9.90 Å². The van der Waals surface area contributed by atoms with Crippen LogP contribution in [0.25, 0.3) is 6.08 Å². The van der Waals surface area contributed by atoms with Gasteiger partial charge in [-0.3, -0.25) is 4.79 Å². The first-order valence-corrected chi connectivity index (χ1v) is 3.45. The summed E-state index contributed by atoms with van der Waals surface area (Å²) in [6.45, 7) is 4.90. The van der Waals surface area contributed by atoms with E-state index in [1.54, 1.807) is 30.3 Å². The molecule has 0 aromatic heterocycles. The lowest BCUT2D eigenvalue weighted by molar-refractivity contribution is -0.110. The molecule has 1 aromatic carbocycles. The van der Waals surface area contributed by atoms with Crippen LogP contribution < -0.4 is 0 Å². The van der Waals surface area contributed by atoms with Crippen molar-refractivity contribution in [3.8, 4) is 5.75 Å². The van der Waals surface area contributed by atoms with Crippen molar-refractivity contribution >= 4 is 11.9 Å². The predicted molar refractivity (Wildman–Crippen MR) is 46.4 cm³/mol. The van der Waals surface area contributed by atoms with Gasteiger partial charge in [0.25, 0.3) is 0 Å². The van der Waals surface area contributed by atoms with Gasteiger partial charge >= 0.3 is 0 Å². The van der Waals surface area contributed by atoms with Crippen LogP contribution in [0.15, 0.2) is 30.3 Å². The molecule has 0 bridgehead atoms. The number of carbonyl (C=O) groups is 1. The number of benzene rings is 1. The first kappa shape index (κ1) is 8.53. The van der Waals surface area contributed by atoms with Crippen molar-refractivity contribution in [2.45, 2.75) is 0 Å². The van der Waals surface area contributed by atoms with Crippen LogP contribution in [0.2, 0.25) is 0 Å². The summed E-state index contributed by atoms with van der Waals surface area (Å²) >= 11 is 0. The third kappa shape index (κ3) is 2.58. The van der Waals surface area contributed by atoms with E-state index in [4.69, 9.17) is 12.0 Å². The molecule has 0 amide bonds. The van der Waals surface area contributed by atoms with E-state index < -0.39 is 5.78 Å². The Balaban J connectivity index is 2.77. The van der Waals surface area contributed by atoms with Gasteiger partial charge in [0, 0.05) is 6.92 Å². The van der Waals surface area contributed by atoms with Crippen LogP contribution in [0.5, 0.6) is 5.75 Å². The highest BCUT2D eigenvalue weighted by atomic mass is 16.3. The van der Waals surface area contributed by atoms with Crippen LogP contribution in [-0.2, 0) is 4.79 Å². The first-order chi connectivity index (χ1) is 5.68. The summed E-state index contributed by atoms with van der Waals surface area (Å²) in [6, 6.07) is 6.46. The largest absolute Gasteiger partial charge is 0.508 e. The molecule has 2 heteroatoms. The second-order valence-corrected chi connectivity index (χ2v) is 2.33. The van der Waals surface area contributed by atoms with Gasteiger partial charge in [-0.1, -0.05) is 18.2 Å². The van der Waals surface area contributed by atoms with Gasteiger partial charge in [-0.2, -0.15) is 0 Å². The molecule has 60 valence electrons. The molecule has 1 rings (SSSR count). The van der Waals surface area contributed by atoms with E-state index in [1.165, 1.54) is 6.08 Å². The molecule has 0 aliphatic rings. The van der Waals surface area contributed by atoms with Crippen LogP contribution in [0.1, 0.15) is 5.56 Å². The molecule has 0 fully saturated rings. The van der Waals surface area contributed by atoms with Crippen molar-refractivity contribution in [2.24, 2.45) is 0 Å². The molecular weight excluding hydrogens is 152 g/mol. The first-order valence-electron chi connectivity index (χ1n) is 3.45. The maximum absolute atomic E-state index is 10.3. The average molecular weight is 160 g/mol. The molecule has 2 nitrogen and oxygen atoms in total. The maximum atomic E-state index is 10.3. The summed E-state index contributed by atoms with van der Waals surface area (Å²) in [4.78, 5) is 10.3. The Morgan fingerprint density at radius 3 is 2.42 bits per heavy atom. The number of phenolic OH excluding ortho intramolecular Hbond substituents is 1.